The first-order valence-electron chi connectivity index (χ1n) is 4.23. The first-order chi connectivity index (χ1) is 5.00. The Morgan fingerprint density at radius 3 is 2.40 bits per heavy atom. The van der Waals surface area contributed by atoms with Crippen molar-refractivity contribution in [2.24, 2.45) is 0 Å². The summed E-state index contributed by atoms with van der Waals surface area (Å²) in [7, 11) is 0. The lowest BCUT2D eigenvalue weighted by Crippen LogP contribution is -1.85. The molecule has 0 saturated carbocycles. The Balaban J connectivity index is 2.13. The van der Waals surface area contributed by atoms with Gasteiger partial charge in [-0.05, 0) is 43.6 Å². The summed E-state index contributed by atoms with van der Waals surface area (Å²) in [6, 6.07) is 0. The molecule has 0 amide bonds. The van der Waals surface area contributed by atoms with Gasteiger partial charge in [0.1, 0.15) is 0 Å². The first kappa shape index (κ1) is 8.19. The predicted molar refractivity (Wildman–Crippen MR) is 49.6 cm³/mol. The van der Waals surface area contributed by atoms with E-state index in [9.17, 15) is 0 Å². The summed E-state index contributed by atoms with van der Waals surface area (Å²) in [5.41, 5.74) is 0. The van der Waals surface area contributed by atoms with Crippen molar-refractivity contribution in [2.75, 3.05) is 11.5 Å². The maximum absolute atomic E-state index is 2.34. The fourth-order valence-electron chi connectivity index (χ4n) is 1.11. The van der Waals surface area contributed by atoms with E-state index in [1.165, 1.54) is 43.6 Å². The van der Waals surface area contributed by atoms with Gasteiger partial charge in [0, 0.05) is 0 Å². The van der Waals surface area contributed by atoms with Crippen molar-refractivity contribution in [3.8, 4) is 0 Å². The highest BCUT2D eigenvalue weighted by Crippen LogP contribution is 2.11. The summed E-state index contributed by atoms with van der Waals surface area (Å²) in [5.74, 6) is 2.75. The molecular formula is C9H16S. The van der Waals surface area contributed by atoms with Gasteiger partial charge in [0.05, 0.1) is 0 Å². The van der Waals surface area contributed by atoms with Crippen LogP contribution in [0.15, 0.2) is 12.2 Å². The number of thioether (sulfide) groups is 1. The Morgan fingerprint density at radius 1 is 0.800 bits per heavy atom. The fourth-order valence-corrected chi connectivity index (χ4v) is 2.09. The van der Waals surface area contributed by atoms with Crippen LogP contribution in [0.4, 0.5) is 0 Å². The van der Waals surface area contributed by atoms with Gasteiger partial charge in [0.15, 0.2) is 0 Å². The van der Waals surface area contributed by atoms with Crippen LogP contribution in [-0.4, -0.2) is 11.5 Å². The van der Waals surface area contributed by atoms with E-state index in [1.54, 1.807) is 0 Å². The van der Waals surface area contributed by atoms with E-state index in [0.717, 1.165) is 0 Å². The largest absolute Gasteiger partial charge is 0.162 e. The first-order valence-corrected chi connectivity index (χ1v) is 5.38. The zero-order chi connectivity index (χ0) is 7.07. The third kappa shape index (κ3) is 3.99. The second-order valence-corrected chi connectivity index (χ2v) is 3.95. The van der Waals surface area contributed by atoms with E-state index in [4.69, 9.17) is 0 Å². The highest BCUT2D eigenvalue weighted by Gasteiger charge is 1.91. The van der Waals surface area contributed by atoms with Gasteiger partial charge in [-0.2, -0.15) is 11.8 Å². The van der Waals surface area contributed by atoms with Crippen LogP contribution >= 0.6 is 11.8 Å². The lowest BCUT2D eigenvalue weighted by molar-refractivity contribution is 0.812. The highest BCUT2D eigenvalue weighted by atomic mass is 32.2. The third-order valence-corrected chi connectivity index (χ3v) is 2.89. The quantitative estimate of drug-likeness (QED) is 0.485. The topological polar surface area (TPSA) is 0 Å². The molecule has 0 N–H and O–H groups in total. The molecule has 0 nitrogen and oxygen atoms in total. The van der Waals surface area contributed by atoms with Crippen molar-refractivity contribution in [3.05, 3.63) is 12.2 Å². The molecule has 0 unspecified atom stereocenters. The summed E-state index contributed by atoms with van der Waals surface area (Å²) in [4.78, 5) is 0. The van der Waals surface area contributed by atoms with Gasteiger partial charge < -0.3 is 0 Å². The number of rotatable bonds is 0. The predicted octanol–water partition coefficient (Wildman–Crippen LogP) is 3.24. The van der Waals surface area contributed by atoms with E-state index in [0.29, 0.717) is 0 Å². The fraction of sp³-hybridized carbons (Fsp3) is 0.778. The van der Waals surface area contributed by atoms with Crippen molar-refractivity contribution in [2.45, 2.75) is 32.1 Å². The molecule has 0 aromatic carbocycles. The molecule has 0 aromatic rings. The molecule has 0 fully saturated rings. The maximum atomic E-state index is 2.34. The third-order valence-electron chi connectivity index (χ3n) is 1.74. The van der Waals surface area contributed by atoms with Crippen LogP contribution in [0.5, 0.6) is 0 Å². The Morgan fingerprint density at radius 2 is 1.50 bits per heavy atom. The monoisotopic (exact) mass is 156 g/mol. The van der Waals surface area contributed by atoms with Crippen LogP contribution in [0.1, 0.15) is 32.1 Å². The summed E-state index contributed by atoms with van der Waals surface area (Å²) in [6.07, 6.45) is 11.5. The zero-order valence-corrected chi connectivity index (χ0v) is 7.33. The molecule has 1 heteroatoms. The molecule has 0 saturated heterocycles. The smallest absolute Gasteiger partial charge is 0.00646 e. The van der Waals surface area contributed by atoms with E-state index in [2.05, 4.69) is 23.9 Å². The van der Waals surface area contributed by atoms with Gasteiger partial charge in [-0.25, -0.2) is 0 Å². The second-order valence-electron chi connectivity index (χ2n) is 2.72. The standard InChI is InChI=1S/C9H16S/c1-2-4-6-8-10-9-7-5-3-1/h1-2H,3-9H2. The van der Waals surface area contributed by atoms with Crippen LogP contribution in [0.3, 0.4) is 0 Å². The normalized spacial score (nSPS) is 22.4. The molecule has 0 aliphatic carbocycles. The second kappa shape index (κ2) is 5.84. The molecule has 1 rings (SSSR count). The van der Waals surface area contributed by atoms with Crippen molar-refractivity contribution in [1.82, 2.24) is 0 Å². The van der Waals surface area contributed by atoms with Gasteiger partial charge in [0.25, 0.3) is 0 Å². The number of hydrogen-bond donors (Lipinski definition) is 0. The van der Waals surface area contributed by atoms with Crippen LogP contribution in [0, 0.1) is 0 Å². The average molecular weight is 156 g/mol. The molecule has 0 aromatic heterocycles. The summed E-state index contributed by atoms with van der Waals surface area (Å²) in [6.45, 7) is 0. The minimum Gasteiger partial charge on any atom is -0.162 e. The Bertz CT molecular complexity index is 84.9. The minimum atomic E-state index is 1.30. The van der Waals surface area contributed by atoms with Crippen LogP contribution in [0.2, 0.25) is 0 Å². The molecule has 1 aliphatic heterocycles. The Labute approximate surface area is 68.1 Å². The van der Waals surface area contributed by atoms with E-state index in [-0.39, 0.29) is 0 Å². The average Bonchev–Trinajstić information content (AvgIpc) is 2.01. The van der Waals surface area contributed by atoms with E-state index in [1.807, 2.05) is 0 Å². The number of allylic oxidation sites excluding steroid dienone is 2. The van der Waals surface area contributed by atoms with Gasteiger partial charge in [-0.3, -0.25) is 0 Å². The summed E-state index contributed by atoms with van der Waals surface area (Å²) < 4.78 is 0. The minimum absolute atomic E-state index is 1.30. The lowest BCUT2D eigenvalue weighted by Gasteiger charge is -2.01. The van der Waals surface area contributed by atoms with Gasteiger partial charge >= 0.3 is 0 Å². The maximum Gasteiger partial charge on any atom is -0.00646 e. The molecule has 0 atom stereocenters. The lowest BCUT2D eigenvalue weighted by atomic mass is 10.2. The molecule has 0 spiro atoms. The molecule has 0 bridgehead atoms. The number of hydrogen-bond acceptors (Lipinski definition) is 1. The summed E-state index contributed by atoms with van der Waals surface area (Å²) in [5, 5.41) is 0. The van der Waals surface area contributed by atoms with Crippen LogP contribution < -0.4 is 0 Å². The van der Waals surface area contributed by atoms with Crippen LogP contribution in [-0.2, 0) is 0 Å². The highest BCUT2D eigenvalue weighted by molar-refractivity contribution is 7.99. The van der Waals surface area contributed by atoms with Crippen molar-refractivity contribution >= 4 is 11.8 Å². The van der Waals surface area contributed by atoms with Crippen molar-refractivity contribution in [1.29, 1.82) is 0 Å². The molecular weight excluding hydrogens is 140 g/mol. The molecule has 58 valence electrons. The molecule has 1 aliphatic rings. The van der Waals surface area contributed by atoms with Crippen molar-refractivity contribution < 1.29 is 0 Å². The molecule has 1 heterocycles. The Hall–Kier alpha value is 0.0900. The zero-order valence-electron chi connectivity index (χ0n) is 6.51. The van der Waals surface area contributed by atoms with Gasteiger partial charge in [-0.15, -0.1) is 0 Å². The van der Waals surface area contributed by atoms with Crippen molar-refractivity contribution in [3.63, 3.8) is 0 Å². The molecule has 0 radical (unpaired) electrons. The SMILES string of the molecule is C1=CCCCSCCCC1. The van der Waals surface area contributed by atoms with E-state index >= 15 is 0 Å². The van der Waals surface area contributed by atoms with E-state index < -0.39 is 0 Å². The van der Waals surface area contributed by atoms with Crippen LogP contribution in [0.25, 0.3) is 0 Å². The van der Waals surface area contributed by atoms with Gasteiger partial charge in [-0.1, -0.05) is 12.2 Å². The molecule has 10 heavy (non-hydrogen) atoms. The van der Waals surface area contributed by atoms with Gasteiger partial charge in [0.2, 0.25) is 0 Å². The Kier molecular flexibility index (Phi) is 4.79. The summed E-state index contributed by atoms with van der Waals surface area (Å²) >= 11 is 2.12.